The van der Waals surface area contributed by atoms with Crippen molar-refractivity contribution in [3.05, 3.63) is 0 Å². The third-order valence-corrected chi connectivity index (χ3v) is 10.3. The highest BCUT2D eigenvalue weighted by atomic mass is 16.7. The third kappa shape index (κ3) is 2.31. The largest absolute Gasteiger partial charge is 0.411 e. The van der Waals surface area contributed by atoms with Crippen molar-refractivity contribution in [3.8, 4) is 0 Å². The summed E-state index contributed by atoms with van der Waals surface area (Å²) in [7, 11) is 0. The van der Waals surface area contributed by atoms with Gasteiger partial charge < -0.3 is 29.3 Å². The van der Waals surface area contributed by atoms with Crippen molar-refractivity contribution in [2.75, 3.05) is 26.4 Å². The highest BCUT2D eigenvalue weighted by molar-refractivity contribution is 5.92. The Morgan fingerprint density at radius 1 is 0.867 bits per heavy atom. The lowest BCUT2D eigenvalue weighted by Gasteiger charge is -2.63. The van der Waals surface area contributed by atoms with Gasteiger partial charge in [-0.3, -0.25) is 0 Å². The number of fused-ring (bicyclic) bond motifs is 6. The van der Waals surface area contributed by atoms with Crippen LogP contribution in [-0.4, -0.2) is 60.1 Å². The van der Waals surface area contributed by atoms with Crippen molar-refractivity contribution < 1.29 is 29.3 Å². The smallest absolute Gasteiger partial charge is 0.174 e. The highest BCUT2D eigenvalue weighted by Gasteiger charge is 2.70. The SMILES string of the molecule is C[C@]12CCC3(CC1/C(=N/O)[C@@H](O)[C@@H]1[C@@H]2CC[C@@]2(C)[C@H]1CCC21OCCO1)OCCO3. The standard InChI is InChI=1S/C23H35NO6/c1-20-7-8-22(27-9-10-28-22)13-16(20)18(24-26)19(25)17-14(20)3-5-21(2)15(17)4-6-23(21)29-11-12-30-23/h14-17,19,25-26H,3-13H2,1-2H3/b24-18-/t14-,15-,16?,17+,19-,20+,21-/m0/s1. The monoisotopic (exact) mass is 421 g/mol. The second-order valence-corrected chi connectivity index (χ2v) is 11.1. The first kappa shape index (κ1) is 19.9. The number of ether oxygens (including phenoxy) is 4. The van der Waals surface area contributed by atoms with E-state index in [1.54, 1.807) is 0 Å². The minimum Gasteiger partial charge on any atom is -0.411 e. The van der Waals surface area contributed by atoms with Crippen LogP contribution in [0.2, 0.25) is 0 Å². The molecule has 0 amide bonds. The normalized spacial score (nSPS) is 52.5. The van der Waals surface area contributed by atoms with E-state index in [2.05, 4.69) is 19.0 Å². The maximum absolute atomic E-state index is 11.6. The lowest BCUT2D eigenvalue weighted by Crippen LogP contribution is -2.65. The van der Waals surface area contributed by atoms with E-state index >= 15 is 0 Å². The van der Waals surface area contributed by atoms with Crippen LogP contribution < -0.4 is 0 Å². The van der Waals surface area contributed by atoms with Gasteiger partial charge in [0.05, 0.1) is 38.2 Å². The first-order valence-corrected chi connectivity index (χ1v) is 11.8. The number of nitrogens with zero attached hydrogens (tertiary/aromatic N) is 1. The molecule has 6 rings (SSSR count). The molecule has 2 N–H and O–H groups in total. The van der Waals surface area contributed by atoms with Gasteiger partial charge in [0.25, 0.3) is 0 Å². The van der Waals surface area contributed by atoms with Gasteiger partial charge in [0.2, 0.25) is 0 Å². The molecule has 4 aliphatic carbocycles. The van der Waals surface area contributed by atoms with Crippen LogP contribution in [0.5, 0.6) is 0 Å². The first-order chi connectivity index (χ1) is 14.4. The fourth-order valence-electron chi connectivity index (χ4n) is 8.75. The number of oxime groups is 1. The molecule has 30 heavy (non-hydrogen) atoms. The van der Waals surface area contributed by atoms with Crippen LogP contribution in [0.25, 0.3) is 0 Å². The zero-order valence-corrected chi connectivity index (χ0v) is 18.1. The Morgan fingerprint density at radius 2 is 1.53 bits per heavy atom. The molecule has 4 saturated carbocycles. The first-order valence-electron chi connectivity index (χ1n) is 11.8. The van der Waals surface area contributed by atoms with Gasteiger partial charge >= 0.3 is 0 Å². The second-order valence-electron chi connectivity index (χ2n) is 11.1. The number of hydrogen-bond acceptors (Lipinski definition) is 7. The Balaban J connectivity index is 1.38. The van der Waals surface area contributed by atoms with Crippen LogP contribution in [0.4, 0.5) is 0 Å². The molecule has 0 radical (unpaired) electrons. The van der Waals surface area contributed by atoms with Crippen LogP contribution in [-0.2, 0) is 18.9 Å². The zero-order valence-electron chi connectivity index (χ0n) is 18.1. The van der Waals surface area contributed by atoms with Crippen LogP contribution in [0.3, 0.4) is 0 Å². The van der Waals surface area contributed by atoms with E-state index in [0.717, 1.165) is 38.5 Å². The van der Waals surface area contributed by atoms with Crippen LogP contribution in [0.15, 0.2) is 5.16 Å². The summed E-state index contributed by atoms with van der Waals surface area (Å²) < 4.78 is 24.5. The van der Waals surface area contributed by atoms with Crippen molar-refractivity contribution >= 4 is 5.71 Å². The summed E-state index contributed by atoms with van der Waals surface area (Å²) >= 11 is 0. The Kier molecular flexibility index (Phi) is 4.26. The van der Waals surface area contributed by atoms with Crippen LogP contribution in [0, 0.1) is 34.5 Å². The molecular formula is C23H35NO6. The third-order valence-electron chi connectivity index (χ3n) is 10.3. The summed E-state index contributed by atoms with van der Waals surface area (Å²) in [6.07, 6.45) is 5.74. The minimum atomic E-state index is -0.740. The lowest BCUT2D eigenvalue weighted by molar-refractivity contribution is -0.255. The molecule has 0 aromatic carbocycles. The average molecular weight is 422 g/mol. The molecule has 0 bridgehead atoms. The second kappa shape index (κ2) is 6.41. The highest BCUT2D eigenvalue weighted by Crippen LogP contribution is 2.69. The summed E-state index contributed by atoms with van der Waals surface area (Å²) in [6.45, 7) is 7.20. The topological polar surface area (TPSA) is 89.7 Å². The number of aliphatic hydroxyl groups is 1. The van der Waals surface area contributed by atoms with E-state index in [1.807, 2.05) is 0 Å². The summed E-state index contributed by atoms with van der Waals surface area (Å²) in [5.74, 6) is -0.339. The van der Waals surface area contributed by atoms with Gasteiger partial charge in [0.15, 0.2) is 11.6 Å². The molecule has 1 unspecified atom stereocenters. The molecule has 2 aliphatic heterocycles. The van der Waals surface area contributed by atoms with Gasteiger partial charge in [0, 0.05) is 30.6 Å². The molecule has 2 spiro atoms. The molecule has 2 saturated heterocycles. The average Bonchev–Trinajstić information content (AvgIpc) is 3.46. The van der Waals surface area contributed by atoms with Crippen molar-refractivity contribution in [2.24, 2.45) is 39.7 Å². The lowest BCUT2D eigenvalue weighted by atomic mass is 9.43. The molecule has 7 atom stereocenters. The molecular weight excluding hydrogens is 386 g/mol. The van der Waals surface area contributed by atoms with Crippen molar-refractivity contribution in [1.82, 2.24) is 0 Å². The summed E-state index contributed by atoms with van der Waals surface area (Å²) in [4.78, 5) is 0. The molecule has 168 valence electrons. The molecule has 0 aromatic rings. The Labute approximate surface area is 178 Å². The number of aliphatic hydroxyl groups excluding tert-OH is 1. The van der Waals surface area contributed by atoms with E-state index < -0.39 is 17.7 Å². The van der Waals surface area contributed by atoms with Crippen LogP contribution in [0.1, 0.15) is 58.8 Å². The fraction of sp³-hybridized carbons (Fsp3) is 0.957. The van der Waals surface area contributed by atoms with E-state index in [9.17, 15) is 10.3 Å². The van der Waals surface area contributed by atoms with Gasteiger partial charge in [-0.25, -0.2) is 0 Å². The Hall–Kier alpha value is -0.730. The molecule has 7 nitrogen and oxygen atoms in total. The minimum absolute atomic E-state index is 0.0238. The predicted molar refractivity (Wildman–Crippen MR) is 107 cm³/mol. The molecule has 2 heterocycles. The molecule has 7 heteroatoms. The fourth-order valence-corrected chi connectivity index (χ4v) is 8.75. The number of hydrogen-bond donors (Lipinski definition) is 2. The Morgan fingerprint density at radius 3 is 2.23 bits per heavy atom. The van der Waals surface area contributed by atoms with E-state index in [-0.39, 0.29) is 22.7 Å². The predicted octanol–water partition coefficient (Wildman–Crippen LogP) is 2.93. The maximum atomic E-state index is 11.6. The van der Waals surface area contributed by atoms with Gasteiger partial charge in [-0.1, -0.05) is 19.0 Å². The molecule has 0 aromatic heterocycles. The molecule has 6 aliphatic rings. The summed E-state index contributed by atoms with van der Waals surface area (Å²) in [5.41, 5.74) is 0.402. The van der Waals surface area contributed by atoms with E-state index in [1.165, 1.54) is 0 Å². The van der Waals surface area contributed by atoms with Crippen molar-refractivity contribution in [2.45, 2.75) is 76.5 Å². The van der Waals surface area contributed by atoms with Gasteiger partial charge in [-0.15, -0.1) is 0 Å². The maximum Gasteiger partial charge on any atom is 0.174 e. The van der Waals surface area contributed by atoms with E-state index in [0.29, 0.717) is 50.4 Å². The van der Waals surface area contributed by atoms with Crippen molar-refractivity contribution in [1.29, 1.82) is 0 Å². The van der Waals surface area contributed by atoms with Gasteiger partial charge in [0.1, 0.15) is 0 Å². The van der Waals surface area contributed by atoms with Gasteiger partial charge in [-0.2, -0.15) is 0 Å². The summed E-state index contributed by atoms with van der Waals surface area (Å²) in [5, 5.41) is 25.4. The van der Waals surface area contributed by atoms with Gasteiger partial charge in [-0.05, 0) is 48.9 Å². The zero-order chi connectivity index (χ0) is 20.8. The van der Waals surface area contributed by atoms with Crippen LogP contribution >= 0.6 is 0 Å². The van der Waals surface area contributed by atoms with Crippen molar-refractivity contribution in [3.63, 3.8) is 0 Å². The quantitative estimate of drug-likeness (QED) is 0.462. The summed E-state index contributed by atoms with van der Waals surface area (Å²) in [6, 6.07) is 0. The van der Waals surface area contributed by atoms with E-state index in [4.69, 9.17) is 18.9 Å². The molecule has 6 fully saturated rings. The Bertz CT molecular complexity index is 744. The number of rotatable bonds is 0.